The maximum Gasteiger partial charge on any atom is 0.335 e. The van der Waals surface area contributed by atoms with Crippen molar-refractivity contribution in [3.05, 3.63) is 59.4 Å². The van der Waals surface area contributed by atoms with Crippen LogP contribution in [-0.2, 0) is 0 Å². The average Bonchev–Trinajstić information content (AvgIpc) is 2.32. The predicted octanol–water partition coefficient (Wildman–Crippen LogP) is 3.47. The molecule has 0 saturated carbocycles. The number of hydrogen-bond donors (Lipinski definition) is 1. The van der Waals surface area contributed by atoms with Crippen LogP contribution in [0.25, 0.3) is 11.1 Å². The fraction of sp³-hybridized carbons (Fsp3) is 0. The van der Waals surface area contributed by atoms with Crippen LogP contribution in [0.4, 0.5) is 13.2 Å². The van der Waals surface area contributed by atoms with Crippen LogP contribution in [0, 0.1) is 17.5 Å². The van der Waals surface area contributed by atoms with E-state index in [0.29, 0.717) is 0 Å². The summed E-state index contributed by atoms with van der Waals surface area (Å²) in [5.74, 6) is -3.69. The summed E-state index contributed by atoms with van der Waals surface area (Å²) in [5.41, 5.74) is -0.686. The van der Waals surface area contributed by atoms with Crippen LogP contribution in [0.15, 0.2) is 36.4 Å². The van der Waals surface area contributed by atoms with Crippen LogP contribution in [-0.4, -0.2) is 11.1 Å². The van der Waals surface area contributed by atoms with Gasteiger partial charge in [0.15, 0.2) is 0 Å². The van der Waals surface area contributed by atoms with Gasteiger partial charge in [0, 0.05) is 11.1 Å². The number of benzene rings is 2. The zero-order valence-corrected chi connectivity index (χ0v) is 8.95. The normalized spacial score (nSPS) is 10.4. The number of carbonyl (C=O) groups is 1. The summed E-state index contributed by atoms with van der Waals surface area (Å²) in [6.07, 6.45) is 0. The fourth-order valence-electron chi connectivity index (χ4n) is 1.57. The highest BCUT2D eigenvalue weighted by Crippen LogP contribution is 2.27. The minimum atomic E-state index is -1.29. The molecule has 0 radical (unpaired) electrons. The molecule has 0 atom stereocenters. The lowest BCUT2D eigenvalue weighted by Gasteiger charge is -2.06. The molecule has 18 heavy (non-hydrogen) atoms. The van der Waals surface area contributed by atoms with Crippen molar-refractivity contribution in [3.8, 4) is 11.1 Å². The number of hydrogen-bond acceptors (Lipinski definition) is 1. The summed E-state index contributed by atoms with van der Waals surface area (Å²) >= 11 is 0. The standard InChI is InChI=1S/C13H7F3O2/c14-8-2-4-11(15)10(6-8)9-3-1-7(13(17)18)5-12(9)16/h1-6H,(H,17,18). The Labute approximate surface area is 100 Å². The molecule has 0 aromatic heterocycles. The van der Waals surface area contributed by atoms with Gasteiger partial charge in [0.25, 0.3) is 0 Å². The zero-order valence-electron chi connectivity index (χ0n) is 8.95. The molecule has 2 nitrogen and oxygen atoms in total. The third kappa shape index (κ3) is 2.20. The first kappa shape index (κ1) is 12.2. The van der Waals surface area contributed by atoms with E-state index in [1.165, 1.54) is 0 Å². The molecule has 0 saturated heterocycles. The van der Waals surface area contributed by atoms with Gasteiger partial charge >= 0.3 is 5.97 Å². The molecule has 0 aliphatic heterocycles. The second kappa shape index (κ2) is 4.52. The second-order valence-corrected chi connectivity index (χ2v) is 3.62. The van der Waals surface area contributed by atoms with Crippen molar-refractivity contribution in [2.24, 2.45) is 0 Å². The van der Waals surface area contributed by atoms with Gasteiger partial charge in [-0.25, -0.2) is 18.0 Å². The molecule has 0 aliphatic rings. The Kier molecular flexibility index (Phi) is 3.06. The van der Waals surface area contributed by atoms with E-state index >= 15 is 0 Å². The third-order valence-corrected chi connectivity index (χ3v) is 2.43. The van der Waals surface area contributed by atoms with E-state index in [1.807, 2.05) is 0 Å². The minimum absolute atomic E-state index is 0.183. The molecule has 2 rings (SSSR count). The zero-order chi connectivity index (χ0) is 13.3. The summed E-state index contributed by atoms with van der Waals surface area (Å²) in [6.45, 7) is 0. The van der Waals surface area contributed by atoms with E-state index < -0.39 is 23.4 Å². The highest BCUT2D eigenvalue weighted by Gasteiger charge is 2.13. The topological polar surface area (TPSA) is 37.3 Å². The van der Waals surface area contributed by atoms with Gasteiger partial charge in [-0.15, -0.1) is 0 Å². The third-order valence-electron chi connectivity index (χ3n) is 2.43. The van der Waals surface area contributed by atoms with Gasteiger partial charge in [0.05, 0.1) is 5.56 Å². The molecule has 1 N–H and O–H groups in total. The molecule has 92 valence electrons. The smallest absolute Gasteiger partial charge is 0.335 e. The molecule has 5 heteroatoms. The quantitative estimate of drug-likeness (QED) is 0.888. The first-order valence-electron chi connectivity index (χ1n) is 4.97. The van der Waals surface area contributed by atoms with Crippen LogP contribution >= 0.6 is 0 Å². The summed E-state index contributed by atoms with van der Waals surface area (Å²) in [6, 6.07) is 5.66. The van der Waals surface area contributed by atoms with Gasteiger partial charge in [0.2, 0.25) is 0 Å². The fourth-order valence-corrected chi connectivity index (χ4v) is 1.57. The summed E-state index contributed by atoms with van der Waals surface area (Å²) in [5, 5.41) is 8.67. The lowest BCUT2D eigenvalue weighted by atomic mass is 10.0. The van der Waals surface area contributed by atoms with Gasteiger partial charge in [-0.3, -0.25) is 0 Å². The van der Waals surface area contributed by atoms with Crippen LogP contribution in [0.1, 0.15) is 10.4 Å². The first-order chi connectivity index (χ1) is 8.49. The van der Waals surface area contributed by atoms with E-state index in [0.717, 1.165) is 36.4 Å². The van der Waals surface area contributed by atoms with Gasteiger partial charge < -0.3 is 5.11 Å². The number of aromatic carboxylic acids is 1. The van der Waals surface area contributed by atoms with Crippen molar-refractivity contribution in [3.63, 3.8) is 0 Å². The van der Waals surface area contributed by atoms with Crippen LogP contribution in [0.5, 0.6) is 0 Å². The Bertz CT molecular complexity index is 624. The van der Waals surface area contributed by atoms with Gasteiger partial charge in [-0.05, 0) is 30.3 Å². The molecular formula is C13H7F3O2. The highest BCUT2D eigenvalue weighted by atomic mass is 19.1. The number of rotatable bonds is 2. The molecule has 2 aromatic carbocycles. The number of carboxylic acids is 1. The maximum absolute atomic E-state index is 13.7. The molecule has 0 heterocycles. The van der Waals surface area contributed by atoms with Crippen molar-refractivity contribution < 1.29 is 23.1 Å². The lowest BCUT2D eigenvalue weighted by molar-refractivity contribution is 0.0696. The first-order valence-corrected chi connectivity index (χ1v) is 4.97. The van der Waals surface area contributed by atoms with Gasteiger partial charge in [-0.1, -0.05) is 6.07 Å². The van der Waals surface area contributed by atoms with Crippen LogP contribution in [0.2, 0.25) is 0 Å². The molecule has 0 amide bonds. The molecule has 0 unspecified atom stereocenters. The van der Waals surface area contributed by atoms with Gasteiger partial charge in [-0.2, -0.15) is 0 Å². The van der Waals surface area contributed by atoms with E-state index in [1.54, 1.807) is 0 Å². The predicted molar refractivity (Wildman–Crippen MR) is 58.7 cm³/mol. The van der Waals surface area contributed by atoms with Crippen molar-refractivity contribution in [1.29, 1.82) is 0 Å². The van der Waals surface area contributed by atoms with E-state index in [2.05, 4.69) is 0 Å². The van der Waals surface area contributed by atoms with Gasteiger partial charge in [0.1, 0.15) is 17.5 Å². The lowest BCUT2D eigenvalue weighted by Crippen LogP contribution is -1.98. The van der Waals surface area contributed by atoms with Crippen molar-refractivity contribution in [2.45, 2.75) is 0 Å². The Morgan fingerprint density at radius 2 is 1.61 bits per heavy atom. The number of halogens is 3. The van der Waals surface area contributed by atoms with E-state index in [-0.39, 0.29) is 16.7 Å². The maximum atomic E-state index is 13.7. The van der Waals surface area contributed by atoms with E-state index in [9.17, 15) is 18.0 Å². The molecule has 0 fully saturated rings. The molecule has 0 aliphatic carbocycles. The molecule has 0 bridgehead atoms. The molecular weight excluding hydrogens is 245 g/mol. The SMILES string of the molecule is O=C(O)c1ccc(-c2cc(F)ccc2F)c(F)c1. The average molecular weight is 252 g/mol. The Morgan fingerprint density at radius 3 is 2.22 bits per heavy atom. The van der Waals surface area contributed by atoms with Crippen molar-refractivity contribution in [1.82, 2.24) is 0 Å². The summed E-state index contributed by atoms with van der Waals surface area (Å²) in [4.78, 5) is 10.6. The van der Waals surface area contributed by atoms with Crippen molar-refractivity contribution in [2.75, 3.05) is 0 Å². The Balaban J connectivity index is 2.58. The largest absolute Gasteiger partial charge is 0.478 e. The summed E-state index contributed by atoms with van der Waals surface area (Å²) in [7, 11) is 0. The highest BCUT2D eigenvalue weighted by molar-refractivity contribution is 5.88. The monoisotopic (exact) mass is 252 g/mol. The van der Waals surface area contributed by atoms with E-state index in [4.69, 9.17) is 5.11 Å². The van der Waals surface area contributed by atoms with Crippen LogP contribution < -0.4 is 0 Å². The number of carboxylic acid groups (broad SMARTS) is 1. The Hall–Kier alpha value is -2.30. The second-order valence-electron chi connectivity index (χ2n) is 3.62. The minimum Gasteiger partial charge on any atom is -0.478 e. The van der Waals surface area contributed by atoms with Crippen molar-refractivity contribution >= 4 is 5.97 Å². The molecule has 2 aromatic rings. The Morgan fingerprint density at radius 1 is 0.889 bits per heavy atom. The summed E-state index contributed by atoms with van der Waals surface area (Å²) < 4.78 is 40.1. The van der Waals surface area contributed by atoms with Crippen LogP contribution in [0.3, 0.4) is 0 Å². The molecule has 0 spiro atoms.